The van der Waals surface area contributed by atoms with Crippen LogP contribution in [0.15, 0.2) is 37.7 Å². The van der Waals surface area contributed by atoms with Gasteiger partial charge >= 0.3 is 0 Å². The van der Waals surface area contributed by atoms with Crippen LogP contribution in [-0.2, 0) is 6.42 Å². The van der Waals surface area contributed by atoms with E-state index in [1.54, 1.807) is 12.1 Å². The molecule has 0 amide bonds. The van der Waals surface area contributed by atoms with E-state index in [0.29, 0.717) is 21.5 Å². The maximum atomic E-state index is 6.33. The fourth-order valence-electron chi connectivity index (χ4n) is 2.48. The molecule has 0 aliphatic rings. The second-order valence-corrected chi connectivity index (χ2v) is 9.27. The summed E-state index contributed by atoms with van der Waals surface area (Å²) in [5.41, 5.74) is 3.54. The van der Waals surface area contributed by atoms with Gasteiger partial charge in [-0.25, -0.2) is 4.98 Å². The van der Waals surface area contributed by atoms with E-state index in [0.717, 1.165) is 41.8 Å². The molecular weight excluding hydrogens is 578 g/mol. The third kappa shape index (κ3) is 4.28. The summed E-state index contributed by atoms with van der Waals surface area (Å²) in [4.78, 5) is 8.04. The number of nitrogens with zero attached hydrogens (tertiary/aromatic N) is 1. The van der Waals surface area contributed by atoms with Gasteiger partial charge in [0.05, 0.1) is 20.8 Å². The molecule has 0 saturated heterocycles. The van der Waals surface area contributed by atoms with Gasteiger partial charge in [-0.2, -0.15) is 0 Å². The van der Waals surface area contributed by atoms with Crippen LogP contribution >= 0.6 is 82.6 Å². The van der Waals surface area contributed by atoms with Gasteiger partial charge in [0, 0.05) is 31.1 Å². The van der Waals surface area contributed by atoms with Gasteiger partial charge in [-0.15, -0.1) is 0 Å². The minimum Gasteiger partial charge on any atom is -0.345 e. The molecule has 1 heterocycles. The number of aromatic amines is 1. The van der Waals surface area contributed by atoms with Crippen LogP contribution in [0.3, 0.4) is 0 Å². The molecule has 2 nitrogen and oxygen atoms in total. The maximum absolute atomic E-state index is 6.33. The number of imidazole rings is 1. The number of nitrogens with one attached hydrogen (secondary N) is 1. The lowest BCUT2D eigenvalue weighted by molar-refractivity contribution is 1.01. The fourth-order valence-corrected chi connectivity index (χ4v) is 5.66. The molecule has 3 rings (SSSR count). The number of H-pyrrole nitrogens is 1. The Labute approximate surface area is 185 Å². The molecule has 0 fully saturated rings. The van der Waals surface area contributed by atoms with Crippen LogP contribution in [0.1, 0.15) is 17.1 Å². The number of hydrogen-bond acceptors (Lipinski definition) is 1. The van der Waals surface area contributed by atoms with Crippen LogP contribution in [0.2, 0.25) is 15.1 Å². The lowest BCUT2D eigenvalue weighted by Crippen LogP contribution is -1.94. The average Bonchev–Trinajstić information content (AvgIpc) is 2.87. The molecule has 0 spiro atoms. The van der Waals surface area contributed by atoms with E-state index in [9.17, 15) is 0 Å². The molecule has 0 bridgehead atoms. The van der Waals surface area contributed by atoms with E-state index in [1.165, 1.54) is 0 Å². The summed E-state index contributed by atoms with van der Waals surface area (Å²) in [5.74, 6) is 0.832. The number of aromatic nitrogens is 2. The van der Waals surface area contributed by atoms with Crippen molar-refractivity contribution in [3.63, 3.8) is 0 Å². The van der Waals surface area contributed by atoms with Gasteiger partial charge in [-0.3, -0.25) is 0 Å². The summed E-state index contributed by atoms with van der Waals surface area (Å²) >= 11 is 29.2. The van der Waals surface area contributed by atoms with Crippen LogP contribution < -0.4 is 0 Å². The Morgan fingerprint density at radius 3 is 2.16 bits per heavy atom. The molecular formula is C17H10Br3Cl3N2. The van der Waals surface area contributed by atoms with Crippen molar-refractivity contribution in [2.24, 2.45) is 0 Å². The van der Waals surface area contributed by atoms with Crippen molar-refractivity contribution in [1.82, 2.24) is 9.97 Å². The third-order valence-electron chi connectivity index (χ3n) is 3.65. The molecule has 0 unspecified atom stereocenters. The van der Waals surface area contributed by atoms with Crippen molar-refractivity contribution in [2.75, 3.05) is 0 Å². The molecule has 0 saturated carbocycles. The predicted octanol–water partition coefficient (Wildman–Crippen LogP) is 8.22. The SMILES string of the molecule is Cc1[nH]c(Cc2c(Br)cc(Br)cc2Br)nc1-c1cc(Cl)c(Cl)cc1Cl. The Bertz CT molecular complexity index is 947. The Kier molecular flexibility index (Phi) is 6.24. The average molecular weight is 588 g/mol. The van der Waals surface area contributed by atoms with Crippen LogP contribution in [0, 0.1) is 6.92 Å². The standard InChI is InChI=1S/C17H10Br3Cl3N2/c1-7-17(10-4-14(22)15(23)6-13(10)21)25-16(24-7)5-9-11(19)2-8(18)3-12(9)20/h2-4,6H,5H2,1H3,(H,24,25). The number of aryl methyl sites for hydroxylation is 1. The van der Waals surface area contributed by atoms with Crippen LogP contribution in [0.4, 0.5) is 0 Å². The smallest absolute Gasteiger partial charge is 0.111 e. The zero-order valence-corrected chi connectivity index (χ0v) is 19.8. The minimum absolute atomic E-state index is 0.423. The number of hydrogen-bond donors (Lipinski definition) is 1. The molecule has 0 radical (unpaired) electrons. The summed E-state index contributed by atoms with van der Waals surface area (Å²) in [6.07, 6.45) is 0.633. The van der Waals surface area contributed by atoms with Crippen LogP contribution in [0.25, 0.3) is 11.3 Å². The first-order chi connectivity index (χ1) is 11.8. The molecule has 25 heavy (non-hydrogen) atoms. The van der Waals surface area contributed by atoms with Gasteiger partial charge in [-0.1, -0.05) is 82.6 Å². The molecule has 1 N–H and O–H groups in total. The fraction of sp³-hybridized carbons (Fsp3) is 0.118. The summed E-state index contributed by atoms with van der Waals surface area (Å²) in [6.45, 7) is 1.95. The first kappa shape index (κ1) is 19.7. The summed E-state index contributed by atoms with van der Waals surface area (Å²) < 4.78 is 2.99. The normalized spacial score (nSPS) is 11.2. The van der Waals surface area contributed by atoms with Crippen molar-refractivity contribution >= 4 is 82.6 Å². The van der Waals surface area contributed by atoms with Crippen molar-refractivity contribution in [1.29, 1.82) is 0 Å². The van der Waals surface area contributed by atoms with Crippen molar-refractivity contribution in [3.05, 3.63) is 69.8 Å². The van der Waals surface area contributed by atoms with Gasteiger partial charge in [0.25, 0.3) is 0 Å². The Balaban J connectivity index is 2.01. The van der Waals surface area contributed by atoms with E-state index in [-0.39, 0.29) is 0 Å². The summed E-state index contributed by atoms with van der Waals surface area (Å²) in [7, 11) is 0. The summed E-state index contributed by atoms with van der Waals surface area (Å²) in [6, 6.07) is 7.39. The van der Waals surface area contributed by atoms with Gasteiger partial charge in [-0.05, 0) is 36.8 Å². The lowest BCUT2D eigenvalue weighted by atomic mass is 10.1. The number of rotatable bonds is 3. The monoisotopic (exact) mass is 584 g/mol. The highest BCUT2D eigenvalue weighted by Crippen LogP contribution is 2.36. The van der Waals surface area contributed by atoms with E-state index in [2.05, 4.69) is 52.8 Å². The second kappa shape index (κ2) is 7.91. The molecule has 0 aliphatic carbocycles. The molecule has 3 aromatic rings. The Hall–Kier alpha value is -0.0400. The Morgan fingerprint density at radius 2 is 1.52 bits per heavy atom. The quantitative estimate of drug-likeness (QED) is 0.307. The van der Waals surface area contributed by atoms with E-state index in [4.69, 9.17) is 39.8 Å². The summed E-state index contributed by atoms with van der Waals surface area (Å²) in [5, 5.41) is 1.39. The second-order valence-electron chi connectivity index (χ2n) is 5.43. The molecule has 8 heteroatoms. The van der Waals surface area contributed by atoms with Gasteiger partial charge in [0.2, 0.25) is 0 Å². The van der Waals surface area contributed by atoms with E-state index in [1.807, 2.05) is 19.1 Å². The maximum Gasteiger partial charge on any atom is 0.111 e. The molecule has 0 aliphatic heterocycles. The zero-order valence-electron chi connectivity index (χ0n) is 12.7. The first-order valence-electron chi connectivity index (χ1n) is 7.10. The van der Waals surface area contributed by atoms with E-state index >= 15 is 0 Å². The Morgan fingerprint density at radius 1 is 0.920 bits per heavy atom. The zero-order chi connectivity index (χ0) is 18.3. The van der Waals surface area contributed by atoms with Crippen LogP contribution in [-0.4, -0.2) is 9.97 Å². The highest BCUT2D eigenvalue weighted by molar-refractivity contribution is 9.11. The lowest BCUT2D eigenvalue weighted by Gasteiger charge is -2.07. The third-order valence-corrected chi connectivity index (χ3v) is 6.56. The molecule has 0 atom stereocenters. The highest BCUT2D eigenvalue weighted by atomic mass is 79.9. The highest BCUT2D eigenvalue weighted by Gasteiger charge is 2.16. The minimum atomic E-state index is 0.423. The van der Waals surface area contributed by atoms with Crippen molar-refractivity contribution in [2.45, 2.75) is 13.3 Å². The molecule has 130 valence electrons. The number of benzene rings is 2. The van der Waals surface area contributed by atoms with E-state index < -0.39 is 0 Å². The van der Waals surface area contributed by atoms with Crippen LogP contribution in [0.5, 0.6) is 0 Å². The van der Waals surface area contributed by atoms with Gasteiger partial charge < -0.3 is 4.98 Å². The van der Waals surface area contributed by atoms with Crippen molar-refractivity contribution < 1.29 is 0 Å². The molecule has 2 aromatic carbocycles. The van der Waals surface area contributed by atoms with Gasteiger partial charge in [0.15, 0.2) is 0 Å². The van der Waals surface area contributed by atoms with Gasteiger partial charge in [0.1, 0.15) is 5.82 Å². The van der Waals surface area contributed by atoms with Crippen molar-refractivity contribution in [3.8, 4) is 11.3 Å². The number of halogens is 6. The first-order valence-corrected chi connectivity index (χ1v) is 10.6. The molecule has 1 aromatic heterocycles. The topological polar surface area (TPSA) is 28.7 Å². The predicted molar refractivity (Wildman–Crippen MR) is 116 cm³/mol. The largest absolute Gasteiger partial charge is 0.345 e.